The highest BCUT2D eigenvalue weighted by Crippen LogP contribution is 2.02. The van der Waals surface area contributed by atoms with Gasteiger partial charge in [-0.2, -0.15) is 0 Å². The Labute approximate surface area is 129 Å². The molecule has 1 amide bonds. The van der Waals surface area contributed by atoms with Crippen LogP contribution < -0.4 is 11.1 Å². The Morgan fingerprint density at radius 3 is 2.76 bits per heavy atom. The number of hydrogen-bond acceptors (Lipinski definition) is 4. The van der Waals surface area contributed by atoms with Crippen LogP contribution in [0.4, 0.5) is 10.7 Å². The van der Waals surface area contributed by atoms with E-state index in [1.807, 2.05) is 30.3 Å². The lowest BCUT2D eigenvalue weighted by molar-refractivity contribution is 0.139. The van der Waals surface area contributed by atoms with Crippen molar-refractivity contribution in [1.29, 1.82) is 0 Å². The molecule has 4 N–H and O–H groups in total. The van der Waals surface area contributed by atoms with Crippen LogP contribution in [0.3, 0.4) is 0 Å². The number of halogens is 1. The van der Waals surface area contributed by atoms with E-state index >= 15 is 0 Å². The number of nitrogens with one attached hydrogen (secondary N) is 2. The summed E-state index contributed by atoms with van der Waals surface area (Å²) in [7, 11) is 0. The number of H-pyrrole nitrogens is 1. The molecule has 0 aliphatic rings. The van der Waals surface area contributed by atoms with Crippen LogP contribution in [-0.2, 0) is 17.8 Å². The molecule has 7 heteroatoms. The number of hydrogen-bond donors (Lipinski definition) is 3. The molecule has 6 nitrogen and oxygen atoms in total. The summed E-state index contributed by atoms with van der Waals surface area (Å²) in [6.45, 7) is 0.830. The van der Waals surface area contributed by atoms with Gasteiger partial charge in [0.2, 0.25) is 0 Å². The summed E-state index contributed by atoms with van der Waals surface area (Å²) in [5, 5.41) is 2.70. The first-order valence-electron chi connectivity index (χ1n) is 6.48. The van der Waals surface area contributed by atoms with Crippen molar-refractivity contribution in [3.05, 3.63) is 47.8 Å². The molecule has 114 valence electrons. The normalized spacial score (nSPS) is 9.71. The molecule has 1 aromatic heterocycles. The molecule has 0 bridgehead atoms. The van der Waals surface area contributed by atoms with Crippen LogP contribution in [0.2, 0.25) is 0 Å². The monoisotopic (exact) mass is 310 g/mol. The fourth-order valence-electron chi connectivity index (χ4n) is 1.75. The molecule has 21 heavy (non-hydrogen) atoms. The van der Waals surface area contributed by atoms with E-state index in [-0.39, 0.29) is 19.0 Å². The van der Waals surface area contributed by atoms with Crippen LogP contribution >= 0.6 is 12.4 Å². The molecule has 0 aliphatic heterocycles. The van der Waals surface area contributed by atoms with Gasteiger partial charge in [-0.3, -0.25) is 0 Å². The largest absolute Gasteiger partial charge is 0.445 e. The Balaban J connectivity index is 0.00000220. The minimum absolute atomic E-state index is 0. The highest BCUT2D eigenvalue weighted by atomic mass is 35.5. The van der Waals surface area contributed by atoms with E-state index in [0.717, 1.165) is 24.1 Å². The van der Waals surface area contributed by atoms with Crippen molar-refractivity contribution in [2.24, 2.45) is 0 Å². The number of imidazole rings is 1. The maximum atomic E-state index is 11.5. The van der Waals surface area contributed by atoms with E-state index < -0.39 is 6.09 Å². The zero-order valence-electron chi connectivity index (χ0n) is 11.5. The highest BCUT2D eigenvalue weighted by molar-refractivity contribution is 5.85. The highest BCUT2D eigenvalue weighted by Gasteiger charge is 2.02. The number of aromatic amines is 1. The zero-order chi connectivity index (χ0) is 14.2. The van der Waals surface area contributed by atoms with E-state index in [1.165, 1.54) is 0 Å². The molecule has 0 fully saturated rings. The number of alkyl carbamates (subject to hydrolysis) is 1. The fourth-order valence-corrected chi connectivity index (χ4v) is 1.75. The summed E-state index contributed by atoms with van der Waals surface area (Å²) in [5.74, 6) is 0.412. The van der Waals surface area contributed by atoms with Crippen molar-refractivity contribution < 1.29 is 9.53 Å². The molecular formula is C14H19ClN4O2. The average Bonchev–Trinajstić information content (AvgIpc) is 2.88. The van der Waals surface area contributed by atoms with Gasteiger partial charge in [0.1, 0.15) is 6.61 Å². The Morgan fingerprint density at radius 2 is 2.10 bits per heavy atom. The fraction of sp³-hybridized carbons (Fsp3) is 0.286. The topological polar surface area (TPSA) is 93.0 Å². The van der Waals surface area contributed by atoms with Gasteiger partial charge < -0.3 is 20.8 Å². The summed E-state index contributed by atoms with van der Waals surface area (Å²) in [6, 6.07) is 9.57. The molecule has 1 heterocycles. The predicted molar refractivity (Wildman–Crippen MR) is 83.2 cm³/mol. The van der Waals surface area contributed by atoms with Crippen molar-refractivity contribution in [2.75, 3.05) is 12.3 Å². The minimum Gasteiger partial charge on any atom is -0.445 e. The van der Waals surface area contributed by atoms with Gasteiger partial charge in [0.25, 0.3) is 0 Å². The second-order valence-corrected chi connectivity index (χ2v) is 4.39. The quantitative estimate of drug-likeness (QED) is 0.714. The number of aryl methyl sites for hydroxylation is 1. The number of amides is 1. The van der Waals surface area contributed by atoms with Gasteiger partial charge in [-0.1, -0.05) is 30.3 Å². The van der Waals surface area contributed by atoms with Gasteiger partial charge in [0.05, 0.1) is 6.20 Å². The molecule has 0 spiro atoms. The van der Waals surface area contributed by atoms with Crippen molar-refractivity contribution >= 4 is 24.4 Å². The number of carbonyl (C=O) groups excluding carboxylic acids is 1. The van der Waals surface area contributed by atoms with E-state index in [4.69, 9.17) is 10.5 Å². The number of carbonyl (C=O) groups is 1. The van der Waals surface area contributed by atoms with Gasteiger partial charge in [-0.15, -0.1) is 12.4 Å². The molecule has 0 unspecified atom stereocenters. The van der Waals surface area contributed by atoms with E-state index in [1.54, 1.807) is 6.20 Å². The average molecular weight is 311 g/mol. The Morgan fingerprint density at radius 1 is 1.33 bits per heavy atom. The second-order valence-electron chi connectivity index (χ2n) is 4.39. The third-order valence-electron chi connectivity index (χ3n) is 2.75. The first kappa shape index (κ1) is 16.8. The van der Waals surface area contributed by atoms with Crippen molar-refractivity contribution in [3.8, 4) is 0 Å². The molecule has 2 aromatic rings. The molecule has 1 aromatic carbocycles. The maximum Gasteiger partial charge on any atom is 0.407 e. The van der Waals surface area contributed by atoms with Gasteiger partial charge in [-0.05, 0) is 18.4 Å². The van der Waals surface area contributed by atoms with Crippen molar-refractivity contribution in [1.82, 2.24) is 15.3 Å². The summed E-state index contributed by atoms with van der Waals surface area (Å²) in [4.78, 5) is 18.3. The van der Waals surface area contributed by atoms with E-state index in [9.17, 15) is 4.79 Å². The lowest BCUT2D eigenvalue weighted by Crippen LogP contribution is -2.25. The summed E-state index contributed by atoms with van der Waals surface area (Å²) in [6.07, 6.45) is 2.87. The van der Waals surface area contributed by atoms with Gasteiger partial charge in [0.15, 0.2) is 5.95 Å². The standard InChI is InChI=1S/C14H18N4O2.ClH/c15-13-17-9-12(18-13)7-4-8-16-14(19)20-10-11-5-2-1-3-6-11;/h1-3,5-6,9H,4,7-8,10H2,(H,16,19)(H3,15,17,18);1H. The SMILES string of the molecule is Cl.Nc1ncc(CCCNC(=O)OCc2ccccc2)[nH]1. The number of aromatic nitrogens is 2. The zero-order valence-corrected chi connectivity index (χ0v) is 12.4. The molecular weight excluding hydrogens is 292 g/mol. The number of nitrogens with zero attached hydrogens (tertiary/aromatic N) is 1. The van der Waals surface area contributed by atoms with Gasteiger partial charge in [0, 0.05) is 12.2 Å². The number of benzene rings is 1. The second kappa shape index (κ2) is 8.86. The lowest BCUT2D eigenvalue weighted by Gasteiger charge is -2.06. The molecule has 0 aliphatic carbocycles. The first-order valence-corrected chi connectivity index (χ1v) is 6.48. The van der Waals surface area contributed by atoms with Crippen LogP contribution in [0, 0.1) is 0 Å². The van der Waals surface area contributed by atoms with Crippen molar-refractivity contribution in [3.63, 3.8) is 0 Å². The first-order chi connectivity index (χ1) is 9.74. The molecule has 0 saturated heterocycles. The predicted octanol–water partition coefficient (Wildman–Crippen LogP) is 2.27. The third kappa shape index (κ3) is 6.18. The van der Waals surface area contributed by atoms with Gasteiger partial charge in [-0.25, -0.2) is 9.78 Å². The number of ether oxygens (including phenoxy) is 1. The summed E-state index contributed by atoms with van der Waals surface area (Å²) < 4.78 is 5.09. The number of nitrogen functional groups attached to an aromatic ring is 1. The van der Waals surface area contributed by atoms with Crippen molar-refractivity contribution in [2.45, 2.75) is 19.4 Å². The van der Waals surface area contributed by atoms with Crippen LogP contribution in [0.25, 0.3) is 0 Å². The van der Waals surface area contributed by atoms with Crippen LogP contribution in [0.15, 0.2) is 36.5 Å². The van der Waals surface area contributed by atoms with Crippen LogP contribution in [0.5, 0.6) is 0 Å². The summed E-state index contributed by atoms with van der Waals surface area (Å²) >= 11 is 0. The van der Waals surface area contributed by atoms with E-state index in [0.29, 0.717) is 12.5 Å². The van der Waals surface area contributed by atoms with E-state index in [2.05, 4.69) is 15.3 Å². The smallest absolute Gasteiger partial charge is 0.407 e. The number of nitrogens with two attached hydrogens (primary N) is 1. The van der Waals surface area contributed by atoms with Crippen LogP contribution in [0.1, 0.15) is 17.7 Å². The number of anilines is 1. The van der Waals surface area contributed by atoms with Gasteiger partial charge >= 0.3 is 6.09 Å². The summed E-state index contributed by atoms with van der Waals surface area (Å²) in [5.41, 5.74) is 7.40. The maximum absolute atomic E-state index is 11.5. The Kier molecular flexibility index (Phi) is 7.11. The Bertz CT molecular complexity index is 545. The van der Waals surface area contributed by atoms with Crippen LogP contribution in [-0.4, -0.2) is 22.6 Å². The Hall–Kier alpha value is -2.21. The minimum atomic E-state index is -0.405. The molecule has 0 saturated carbocycles. The molecule has 0 radical (unpaired) electrons. The lowest BCUT2D eigenvalue weighted by atomic mass is 10.2. The molecule has 2 rings (SSSR count). The molecule has 0 atom stereocenters. The third-order valence-corrected chi connectivity index (χ3v) is 2.75. The number of rotatable bonds is 6.